The number of urea groups is 1. The molecule has 22 heavy (non-hydrogen) atoms. The lowest BCUT2D eigenvalue weighted by atomic mass is 10.1. The fourth-order valence-corrected chi connectivity index (χ4v) is 3.70. The van der Waals surface area contributed by atoms with Crippen molar-refractivity contribution in [3.05, 3.63) is 30.3 Å². The van der Waals surface area contributed by atoms with Crippen molar-refractivity contribution in [3.63, 3.8) is 0 Å². The molecule has 0 aromatic heterocycles. The molecule has 3 aliphatic rings. The molecule has 0 N–H and O–H groups in total. The van der Waals surface area contributed by atoms with Crippen LogP contribution in [0, 0.1) is 0 Å². The molecular weight excluding hydrogens is 282 g/mol. The van der Waals surface area contributed by atoms with Gasteiger partial charge in [0, 0.05) is 18.8 Å². The number of para-hydroxylation sites is 1. The van der Waals surface area contributed by atoms with Crippen LogP contribution in [-0.4, -0.2) is 52.8 Å². The van der Waals surface area contributed by atoms with E-state index in [0.29, 0.717) is 25.9 Å². The maximum Gasteiger partial charge on any atom is 0.328 e. The van der Waals surface area contributed by atoms with Crippen molar-refractivity contribution in [1.82, 2.24) is 9.80 Å². The van der Waals surface area contributed by atoms with E-state index in [0.717, 1.165) is 12.1 Å². The number of hydrogen-bond donors (Lipinski definition) is 0. The fraction of sp³-hybridized carbons (Fsp3) is 0.438. The molecule has 6 nitrogen and oxygen atoms in total. The summed E-state index contributed by atoms with van der Waals surface area (Å²) < 4.78 is 0. The summed E-state index contributed by atoms with van der Waals surface area (Å²) in [6.07, 6.45) is 2.08. The standard InChI is InChI=1S/C16H17N3O3/c20-14-13(8-10-17(14)11-5-2-1-3-6-11)19-15(21)12-7-4-9-18(12)16(19)22/h1-3,5-6,12-13H,4,7-10H2/t12-,13-/m1/s1. The van der Waals surface area contributed by atoms with Crippen LogP contribution >= 0.6 is 0 Å². The largest absolute Gasteiger partial charge is 0.328 e. The zero-order valence-corrected chi connectivity index (χ0v) is 12.1. The first-order chi connectivity index (χ1) is 10.7. The average molecular weight is 299 g/mol. The number of imide groups is 1. The number of fused-ring (bicyclic) bond motifs is 1. The molecule has 0 unspecified atom stereocenters. The molecule has 114 valence electrons. The maximum atomic E-state index is 12.7. The number of nitrogens with zero attached hydrogens (tertiary/aromatic N) is 3. The number of amides is 4. The Balaban J connectivity index is 1.59. The van der Waals surface area contributed by atoms with Gasteiger partial charge in [-0.15, -0.1) is 0 Å². The van der Waals surface area contributed by atoms with Crippen molar-refractivity contribution in [3.8, 4) is 0 Å². The lowest BCUT2D eigenvalue weighted by Gasteiger charge is -2.22. The van der Waals surface area contributed by atoms with Crippen LogP contribution in [0.3, 0.4) is 0 Å². The molecule has 3 heterocycles. The zero-order chi connectivity index (χ0) is 15.3. The van der Waals surface area contributed by atoms with Gasteiger partial charge in [0.2, 0.25) is 5.91 Å². The highest BCUT2D eigenvalue weighted by Gasteiger charge is 2.53. The van der Waals surface area contributed by atoms with Crippen molar-refractivity contribution in [2.75, 3.05) is 18.0 Å². The van der Waals surface area contributed by atoms with E-state index in [4.69, 9.17) is 0 Å². The molecule has 3 fully saturated rings. The van der Waals surface area contributed by atoms with E-state index in [9.17, 15) is 14.4 Å². The number of hydrogen-bond acceptors (Lipinski definition) is 3. The Bertz CT molecular complexity index is 623. The summed E-state index contributed by atoms with van der Waals surface area (Å²) in [4.78, 5) is 42.0. The predicted molar refractivity (Wildman–Crippen MR) is 79.2 cm³/mol. The van der Waals surface area contributed by atoms with Crippen LogP contribution in [-0.2, 0) is 9.59 Å². The lowest BCUT2D eigenvalue weighted by molar-refractivity contribution is -0.133. The second-order valence-electron chi connectivity index (χ2n) is 5.97. The molecule has 6 heteroatoms. The Morgan fingerprint density at radius 3 is 2.36 bits per heavy atom. The highest BCUT2D eigenvalue weighted by molar-refractivity contribution is 6.10. The summed E-state index contributed by atoms with van der Waals surface area (Å²) in [7, 11) is 0. The third-order valence-electron chi connectivity index (χ3n) is 4.78. The van der Waals surface area contributed by atoms with Crippen molar-refractivity contribution >= 4 is 23.5 Å². The molecule has 1 aromatic carbocycles. The van der Waals surface area contributed by atoms with Gasteiger partial charge in [0.1, 0.15) is 12.1 Å². The molecule has 0 bridgehead atoms. The first-order valence-corrected chi connectivity index (χ1v) is 7.68. The molecule has 0 aliphatic carbocycles. The van der Waals surface area contributed by atoms with Gasteiger partial charge < -0.3 is 9.80 Å². The van der Waals surface area contributed by atoms with Gasteiger partial charge in [-0.25, -0.2) is 9.69 Å². The molecule has 4 rings (SSSR count). The Hall–Kier alpha value is -2.37. The van der Waals surface area contributed by atoms with E-state index in [-0.39, 0.29) is 23.9 Å². The highest BCUT2D eigenvalue weighted by atomic mass is 16.2. The first-order valence-electron chi connectivity index (χ1n) is 7.68. The predicted octanol–water partition coefficient (Wildman–Crippen LogP) is 1.22. The molecule has 2 atom stereocenters. The summed E-state index contributed by atoms with van der Waals surface area (Å²) in [5.41, 5.74) is 0.814. The Kier molecular flexibility index (Phi) is 2.92. The van der Waals surface area contributed by atoms with E-state index >= 15 is 0 Å². The molecule has 0 spiro atoms. The quantitative estimate of drug-likeness (QED) is 0.771. The van der Waals surface area contributed by atoms with E-state index in [1.165, 1.54) is 4.90 Å². The summed E-state index contributed by atoms with van der Waals surface area (Å²) in [6.45, 7) is 1.16. The van der Waals surface area contributed by atoms with Crippen molar-refractivity contribution in [2.45, 2.75) is 31.3 Å². The Morgan fingerprint density at radius 1 is 0.864 bits per heavy atom. The topological polar surface area (TPSA) is 60.9 Å². The van der Waals surface area contributed by atoms with Crippen molar-refractivity contribution in [2.24, 2.45) is 0 Å². The van der Waals surface area contributed by atoms with Crippen LogP contribution < -0.4 is 4.90 Å². The number of carbonyl (C=O) groups excluding carboxylic acids is 3. The molecule has 0 radical (unpaired) electrons. The molecule has 3 saturated heterocycles. The van der Waals surface area contributed by atoms with Gasteiger partial charge in [-0.3, -0.25) is 9.59 Å². The molecular formula is C16H17N3O3. The minimum Gasteiger partial charge on any atom is -0.312 e. The van der Waals surface area contributed by atoms with Crippen LogP contribution in [0.5, 0.6) is 0 Å². The maximum absolute atomic E-state index is 12.7. The summed E-state index contributed by atoms with van der Waals surface area (Å²) in [6, 6.07) is 8.09. The van der Waals surface area contributed by atoms with E-state index in [2.05, 4.69) is 0 Å². The van der Waals surface area contributed by atoms with Crippen LogP contribution in [0.15, 0.2) is 30.3 Å². The van der Waals surface area contributed by atoms with Gasteiger partial charge in [-0.05, 0) is 31.4 Å². The minimum atomic E-state index is -0.647. The second-order valence-corrected chi connectivity index (χ2v) is 5.97. The van der Waals surface area contributed by atoms with Crippen LogP contribution in [0.2, 0.25) is 0 Å². The second kappa shape index (κ2) is 4.83. The smallest absolute Gasteiger partial charge is 0.312 e. The minimum absolute atomic E-state index is 0.158. The van der Waals surface area contributed by atoms with Gasteiger partial charge in [-0.2, -0.15) is 0 Å². The number of anilines is 1. The van der Waals surface area contributed by atoms with Crippen molar-refractivity contribution in [1.29, 1.82) is 0 Å². The normalized spacial score (nSPS) is 28.0. The third-order valence-corrected chi connectivity index (χ3v) is 4.78. The SMILES string of the molecule is O=C1[C@H](N2C(=O)[C@H]3CCCN3C2=O)CCN1c1ccccc1. The van der Waals surface area contributed by atoms with Gasteiger partial charge >= 0.3 is 6.03 Å². The van der Waals surface area contributed by atoms with Gasteiger partial charge in [0.05, 0.1) is 0 Å². The Morgan fingerprint density at radius 2 is 1.64 bits per heavy atom. The van der Waals surface area contributed by atoms with E-state index < -0.39 is 6.04 Å². The molecule has 3 aliphatic heterocycles. The number of benzene rings is 1. The molecule has 4 amide bonds. The zero-order valence-electron chi connectivity index (χ0n) is 12.1. The van der Waals surface area contributed by atoms with E-state index in [1.807, 2.05) is 30.3 Å². The highest BCUT2D eigenvalue weighted by Crippen LogP contribution is 2.32. The summed E-state index contributed by atoms with van der Waals surface area (Å²) in [5.74, 6) is -0.357. The van der Waals surface area contributed by atoms with Gasteiger partial charge in [0.25, 0.3) is 5.91 Å². The van der Waals surface area contributed by atoms with Crippen LogP contribution in [0.4, 0.5) is 10.5 Å². The lowest BCUT2D eigenvalue weighted by Crippen LogP contribution is -2.46. The van der Waals surface area contributed by atoms with Crippen molar-refractivity contribution < 1.29 is 14.4 Å². The monoisotopic (exact) mass is 299 g/mol. The van der Waals surface area contributed by atoms with Crippen LogP contribution in [0.25, 0.3) is 0 Å². The Labute approximate surface area is 128 Å². The number of rotatable bonds is 2. The van der Waals surface area contributed by atoms with Gasteiger partial charge in [0.15, 0.2) is 0 Å². The van der Waals surface area contributed by atoms with Gasteiger partial charge in [-0.1, -0.05) is 18.2 Å². The molecule has 1 aromatic rings. The summed E-state index contributed by atoms with van der Waals surface area (Å²) in [5, 5.41) is 0. The summed E-state index contributed by atoms with van der Waals surface area (Å²) >= 11 is 0. The first kappa shape index (κ1) is 13.3. The third kappa shape index (κ3) is 1.76. The fourth-order valence-electron chi connectivity index (χ4n) is 3.70. The van der Waals surface area contributed by atoms with E-state index in [1.54, 1.807) is 9.80 Å². The average Bonchev–Trinajstić information content (AvgIpc) is 3.20. The van der Waals surface area contributed by atoms with Crippen LogP contribution in [0.1, 0.15) is 19.3 Å². The number of carbonyl (C=O) groups is 3. The molecule has 0 saturated carbocycles.